The van der Waals surface area contributed by atoms with Gasteiger partial charge in [0.1, 0.15) is 6.04 Å². The Morgan fingerprint density at radius 1 is 1.03 bits per heavy atom. The summed E-state index contributed by atoms with van der Waals surface area (Å²) in [6, 6.07) is 5.42. The lowest BCUT2D eigenvalue weighted by Gasteiger charge is -2.25. The number of rotatable bonds is 19. The summed E-state index contributed by atoms with van der Waals surface area (Å²) in [5.74, 6) is -2.95. The van der Waals surface area contributed by atoms with Crippen molar-refractivity contribution in [3.63, 3.8) is 0 Å². The number of carboxylic acids is 2. The standard InChI is InChI=1S/C26H41N3O8/c1-5-36-14-15-37-18-26(2,3)17-27-22(30)11-10-21(25(34)35)28-24(33)20-8-6-19(7-9-20)16-29(4)13-12-23(31)32/h6-9,21H,5,10-18H2,1-4H3,(H,27,30)(H,28,33)(H,31,32)(H,34,35). The molecule has 0 saturated heterocycles. The normalized spacial score (nSPS) is 12.2. The molecule has 0 aliphatic heterocycles. The van der Waals surface area contributed by atoms with E-state index in [4.69, 9.17) is 14.6 Å². The lowest BCUT2D eigenvalue weighted by Crippen LogP contribution is -2.42. The first-order chi connectivity index (χ1) is 17.4. The molecule has 4 N–H and O–H groups in total. The van der Waals surface area contributed by atoms with Gasteiger partial charge in [-0.05, 0) is 38.1 Å². The predicted molar refractivity (Wildman–Crippen MR) is 137 cm³/mol. The lowest BCUT2D eigenvalue weighted by molar-refractivity contribution is -0.140. The fraction of sp³-hybridized carbons (Fsp3) is 0.615. The topological polar surface area (TPSA) is 154 Å². The van der Waals surface area contributed by atoms with Crippen LogP contribution in [0.3, 0.4) is 0 Å². The zero-order valence-corrected chi connectivity index (χ0v) is 22.2. The van der Waals surface area contributed by atoms with Crippen LogP contribution in [-0.4, -0.2) is 91.5 Å². The molecule has 2 amide bonds. The quantitative estimate of drug-likeness (QED) is 0.199. The zero-order valence-electron chi connectivity index (χ0n) is 22.2. The number of hydrogen-bond acceptors (Lipinski definition) is 7. The molecular formula is C26H41N3O8. The van der Waals surface area contributed by atoms with Crippen LogP contribution >= 0.6 is 0 Å². The molecule has 11 nitrogen and oxygen atoms in total. The smallest absolute Gasteiger partial charge is 0.326 e. The summed E-state index contributed by atoms with van der Waals surface area (Å²) in [6.07, 6.45) is -0.0719. The van der Waals surface area contributed by atoms with Crippen LogP contribution in [0.5, 0.6) is 0 Å². The highest BCUT2D eigenvalue weighted by Gasteiger charge is 2.23. The number of carbonyl (C=O) groups is 4. The van der Waals surface area contributed by atoms with E-state index in [1.807, 2.05) is 25.7 Å². The average Bonchev–Trinajstić information content (AvgIpc) is 2.84. The first-order valence-corrected chi connectivity index (χ1v) is 12.4. The van der Waals surface area contributed by atoms with Gasteiger partial charge in [0.25, 0.3) is 5.91 Å². The van der Waals surface area contributed by atoms with Gasteiger partial charge in [-0.2, -0.15) is 0 Å². The Hall–Kier alpha value is -3.02. The maximum absolute atomic E-state index is 12.6. The minimum atomic E-state index is -1.22. The van der Waals surface area contributed by atoms with Crippen molar-refractivity contribution >= 4 is 23.8 Å². The number of aliphatic carboxylic acids is 2. The molecule has 0 bridgehead atoms. The van der Waals surface area contributed by atoms with Crippen molar-refractivity contribution in [3.8, 4) is 0 Å². The van der Waals surface area contributed by atoms with Crippen LogP contribution < -0.4 is 10.6 Å². The number of carbonyl (C=O) groups excluding carboxylic acids is 2. The second-order valence-electron chi connectivity index (χ2n) is 9.67. The zero-order chi connectivity index (χ0) is 27.8. The molecule has 1 aromatic rings. The molecule has 0 heterocycles. The van der Waals surface area contributed by atoms with Crippen LogP contribution in [0.1, 0.15) is 56.0 Å². The minimum absolute atomic E-state index is 0.0344. The number of amides is 2. The van der Waals surface area contributed by atoms with Gasteiger partial charge in [-0.1, -0.05) is 26.0 Å². The molecule has 0 saturated carbocycles. The number of nitrogens with one attached hydrogen (secondary N) is 2. The van der Waals surface area contributed by atoms with Crippen molar-refractivity contribution < 1.29 is 38.9 Å². The summed E-state index contributed by atoms with van der Waals surface area (Å²) in [6.45, 7) is 9.13. The fourth-order valence-corrected chi connectivity index (χ4v) is 3.30. The van der Waals surface area contributed by atoms with E-state index < -0.39 is 23.9 Å². The van der Waals surface area contributed by atoms with Gasteiger partial charge in [0.2, 0.25) is 5.91 Å². The lowest BCUT2D eigenvalue weighted by atomic mass is 9.94. The summed E-state index contributed by atoms with van der Waals surface area (Å²) in [5.41, 5.74) is 0.872. The van der Waals surface area contributed by atoms with Gasteiger partial charge >= 0.3 is 11.9 Å². The Bertz CT molecular complexity index is 873. The molecule has 0 spiro atoms. The summed E-state index contributed by atoms with van der Waals surface area (Å²) < 4.78 is 10.8. The molecule has 1 rings (SSSR count). The number of carboxylic acid groups (broad SMARTS) is 2. The fourth-order valence-electron chi connectivity index (χ4n) is 3.30. The van der Waals surface area contributed by atoms with Crippen LogP contribution in [0.15, 0.2) is 24.3 Å². The number of benzene rings is 1. The van der Waals surface area contributed by atoms with Gasteiger partial charge in [0.05, 0.1) is 26.2 Å². The van der Waals surface area contributed by atoms with Crippen LogP contribution in [0.2, 0.25) is 0 Å². The van der Waals surface area contributed by atoms with E-state index >= 15 is 0 Å². The van der Waals surface area contributed by atoms with Crippen LogP contribution in [0, 0.1) is 5.41 Å². The second kappa shape index (κ2) is 16.7. The molecule has 0 aromatic heterocycles. The van der Waals surface area contributed by atoms with E-state index in [0.29, 0.717) is 51.6 Å². The van der Waals surface area contributed by atoms with Crippen molar-refractivity contribution in [2.75, 3.05) is 46.6 Å². The summed E-state index contributed by atoms with van der Waals surface area (Å²) >= 11 is 0. The molecule has 0 fully saturated rings. The second-order valence-corrected chi connectivity index (χ2v) is 9.67. The Balaban J connectivity index is 2.49. The molecule has 11 heteroatoms. The van der Waals surface area contributed by atoms with Gasteiger partial charge in [0.15, 0.2) is 0 Å². The van der Waals surface area contributed by atoms with Crippen molar-refractivity contribution in [1.29, 1.82) is 0 Å². The van der Waals surface area contributed by atoms with E-state index in [1.165, 1.54) is 0 Å². The maximum atomic E-state index is 12.6. The molecule has 208 valence electrons. The third kappa shape index (κ3) is 14.3. The third-order valence-corrected chi connectivity index (χ3v) is 5.47. The largest absolute Gasteiger partial charge is 0.481 e. The molecule has 1 aromatic carbocycles. The van der Waals surface area contributed by atoms with Crippen molar-refractivity contribution in [3.05, 3.63) is 35.4 Å². The van der Waals surface area contributed by atoms with E-state index in [9.17, 15) is 24.3 Å². The Morgan fingerprint density at radius 3 is 2.27 bits per heavy atom. The summed E-state index contributed by atoms with van der Waals surface area (Å²) in [5, 5.41) is 23.6. The van der Waals surface area contributed by atoms with Crippen molar-refractivity contribution in [2.24, 2.45) is 5.41 Å². The number of nitrogens with zero attached hydrogens (tertiary/aromatic N) is 1. The third-order valence-electron chi connectivity index (χ3n) is 5.47. The van der Waals surface area contributed by atoms with Crippen molar-refractivity contribution in [2.45, 2.75) is 52.6 Å². The van der Waals surface area contributed by atoms with E-state index in [1.54, 1.807) is 31.3 Å². The SMILES string of the molecule is CCOCCOCC(C)(C)CNC(=O)CCC(NC(=O)c1ccc(CN(C)CCC(=O)O)cc1)C(=O)O. The Kier molecular flexibility index (Phi) is 14.4. The first-order valence-electron chi connectivity index (χ1n) is 12.4. The van der Waals surface area contributed by atoms with E-state index in [2.05, 4.69) is 10.6 Å². The number of hydrogen-bond donors (Lipinski definition) is 4. The maximum Gasteiger partial charge on any atom is 0.326 e. The first kappa shape index (κ1) is 32.0. The van der Waals surface area contributed by atoms with Crippen LogP contribution in [0.25, 0.3) is 0 Å². The molecule has 1 unspecified atom stereocenters. The summed E-state index contributed by atoms with van der Waals surface area (Å²) in [4.78, 5) is 49.0. The highest BCUT2D eigenvalue weighted by atomic mass is 16.5. The highest BCUT2D eigenvalue weighted by Crippen LogP contribution is 2.14. The van der Waals surface area contributed by atoms with Gasteiger partial charge < -0.3 is 35.2 Å². The molecule has 37 heavy (non-hydrogen) atoms. The molecule has 0 aliphatic rings. The monoisotopic (exact) mass is 523 g/mol. The van der Waals surface area contributed by atoms with Gasteiger partial charge in [-0.3, -0.25) is 14.4 Å². The van der Waals surface area contributed by atoms with Crippen LogP contribution in [0.4, 0.5) is 0 Å². The Labute approximate surface area is 218 Å². The molecule has 0 aliphatic carbocycles. The van der Waals surface area contributed by atoms with Crippen molar-refractivity contribution in [1.82, 2.24) is 15.5 Å². The van der Waals surface area contributed by atoms with Gasteiger partial charge in [-0.15, -0.1) is 0 Å². The molecular weight excluding hydrogens is 482 g/mol. The molecule has 1 atom stereocenters. The van der Waals surface area contributed by atoms with E-state index in [0.717, 1.165) is 5.56 Å². The summed E-state index contributed by atoms with van der Waals surface area (Å²) in [7, 11) is 1.80. The predicted octanol–water partition coefficient (Wildman–Crippen LogP) is 1.75. The minimum Gasteiger partial charge on any atom is -0.481 e. The van der Waals surface area contributed by atoms with Crippen LogP contribution in [-0.2, 0) is 30.4 Å². The van der Waals surface area contributed by atoms with E-state index in [-0.39, 0.29) is 30.6 Å². The average molecular weight is 524 g/mol. The number of ether oxygens (including phenoxy) is 2. The van der Waals surface area contributed by atoms with Gasteiger partial charge in [-0.25, -0.2) is 4.79 Å². The Morgan fingerprint density at radius 2 is 1.68 bits per heavy atom. The molecule has 0 radical (unpaired) electrons. The van der Waals surface area contributed by atoms with Gasteiger partial charge in [0, 0.05) is 43.6 Å². The highest BCUT2D eigenvalue weighted by molar-refractivity contribution is 5.96.